The Bertz CT molecular complexity index is 630. The van der Waals surface area contributed by atoms with E-state index in [0.29, 0.717) is 0 Å². The molecule has 2 aromatic heterocycles. The molecule has 1 aliphatic rings. The van der Waals surface area contributed by atoms with Crippen LogP contribution in [0, 0.1) is 6.92 Å². The average Bonchev–Trinajstić information content (AvgIpc) is 3.21. The molecule has 8 heteroatoms. The van der Waals surface area contributed by atoms with Crippen LogP contribution in [-0.4, -0.2) is 59.1 Å². The Kier molecular flexibility index (Phi) is 5.24. The number of thiazole rings is 1. The molecule has 1 saturated heterocycles. The van der Waals surface area contributed by atoms with Gasteiger partial charge in [-0.15, -0.1) is 11.3 Å². The highest BCUT2D eigenvalue weighted by Gasteiger charge is 2.20. The Morgan fingerprint density at radius 2 is 2.22 bits per heavy atom. The highest BCUT2D eigenvalue weighted by Crippen LogP contribution is 2.11. The van der Waals surface area contributed by atoms with Crippen molar-refractivity contribution < 1.29 is 4.52 Å². The second-order valence-electron chi connectivity index (χ2n) is 5.50. The highest BCUT2D eigenvalue weighted by molar-refractivity contribution is 7.11. The fourth-order valence-electron chi connectivity index (χ4n) is 2.65. The van der Waals surface area contributed by atoms with Crippen molar-refractivity contribution in [1.82, 2.24) is 25.3 Å². The molecule has 0 amide bonds. The van der Waals surface area contributed by atoms with Gasteiger partial charge in [0.05, 0.1) is 17.2 Å². The predicted octanol–water partition coefficient (Wildman–Crippen LogP) is 1.33. The lowest BCUT2D eigenvalue weighted by Gasteiger charge is -2.36. The molecule has 2 aromatic rings. The first kappa shape index (κ1) is 15.9. The van der Waals surface area contributed by atoms with E-state index < -0.39 is 0 Å². The second kappa shape index (κ2) is 7.56. The number of aryl methyl sites for hydroxylation is 1. The minimum absolute atomic E-state index is 0.775. The maximum Gasteiger partial charge on any atom is 0.194 e. The van der Waals surface area contributed by atoms with E-state index in [1.165, 1.54) is 4.88 Å². The molecule has 1 N–H and O–H groups in total. The molecule has 0 spiro atoms. The topological polar surface area (TPSA) is 69.8 Å². The SMILES string of the molecule is CN=C(NCc1cnc(C)s1)N1CCN(Cc2ccon2)CC1. The maximum atomic E-state index is 4.89. The summed E-state index contributed by atoms with van der Waals surface area (Å²) in [5.41, 5.74) is 0.988. The van der Waals surface area contributed by atoms with Gasteiger partial charge in [0.15, 0.2) is 5.96 Å². The second-order valence-corrected chi connectivity index (χ2v) is 6.82. The quantitative estimate of drug-likeness (QED) is 0.672. The number of hydrogen-bond acceptors (Lipinski definition) is 6. The first-order valence-corrected chi connectivity index (χ1v) is 8.55. The van der Waals surface area contributed by atoms with Crippen LogP contribution in [0.5, 0.6) is 0 Å². The first-order valence-electron chi connectivity index (χ1n) is 7.73. The Morgan fingerprint density at radius 3 is 2.83 bits per heavy atom. The molecule has 124 valence electrons. The van der Waals surface area contributed by atoms with Gasteiger partial charge in [-0.25, -0.2) is 4.98 Å². The summed E-state index contributed by atoms with van der Waals surface area (Å²) in [5, 5.41) is 8.50. The summed E-state index contributed by atoms with van der Waals surface area (Å²) < 4.78 is 4.89. The molecule has 23 heavy (non-hydrogen) atoms. The van der Waals surface area contributed by atoms with E-state index in [0.717, 1.165) is 55.9 Å². The van der Waals surface area contributed by atoms with Gasteiger partial charge in [0, 0.05) is 56.9 Å². The van der Waals surface area contributed by atoms with Crippen molar-refractivity contribution >= 4 is 17.3 Å². The van der Waals surface area contributed by atoms with Crippen molar-refractivity contribution in [1.29, 1.82) is 0 Å². The minimum Gasteiger partial charge on any atom is -0.364 e. The van der Waals surface area contributed by atoms with Crippen LogP contribution in [-0.2, 0) is 13.1 Å². The summed E-state index contributed by atoms with van der Waals surface area (Å²) in [4.78, 5) is 14.6. The van der Waals surface area contributed by atoms with E-state index in [4.69, 9.17) is 4.52 Å². The molecule has 0 unspecified atom stereocenters. The van der Waals surface area contributed by atoms with E-state index in [9.17, 15) is 0 Å². The van der Waals surface area contributed by atoms with Crippen LogP contribution >= 0.6 is 11.3 Å². The lowest BCUT2D eigenvalue weighted by atomic mass is 10.3. The van der Waals surface area contributed by atoms with Gasteiger partial charge in [0.25, 0.3) is 0 Å². The van der Waals surface area contributed by atoms with Gasteiger partial charge in [-0.3, -0.25) is 9.89 Å². The van der Waals surface area contributed by atoms with Crippen LogP contribution in [0.3, 0.4) is 0 Å². The normalized spacial score (nSPS) is 16.8. The van der Waals surface area contributed by atoms with Crippen molar-refractivity contribution in [2.75, 3.05) is 33.2 Å². The Hall–Kier alpha value is -1.93. The number of piperazine rings is 1. The number of hydrogen-bond donors (Lipinski definition) is 1. The lowest BCUT2D eigenvalue weighted by molar-refractivity contribution is 0.169. The van der Waals surface area contributed by atoms with Gasteiger partial charge in [0.1, 0.15) is 6.26 Å². The molecule has 3 rings (SSSR count). The zero-order valence-electron chi connectivity index (χ0n) is 13.5. The predicted molar refractivity (Wildman–Crippen MR) is 90.4 cm³/mol. The Balaban J connectivity index is 1.47. The molecule has 1 aliphatic heterocycles. The fraction of sp³-hybridized carbons (Fsp3) is 0.533. The lowest BCUT2D eigenvalue weighted by Crippen LogP contribution is -2.52. The van der Waals surface area contributed by atoms with Crippen LogP contribution in [0.25, 0.3) is 0 Å². The summed E-state index contributed by atoms with van der Waals surface area (Å²) in [6, 6.07) is 1.92. The van der Waals surface area contributed by atoms with Crippen LogP contribution in [0.1, 0.15) is 15.6 Å². The summed E-state index contributed by atoms with van der Waals surface area (Å²) in [6.07, 6.45) is 3.55. The smallest absolute Gasteiger partial charge is 0.194 e. The zero-order chi connectivity index (χ0) is 16.1. The van der Waals surface area contributed by atoms with Crippen LogP contribution in [0.2, 0.25) is 0 Å². The van der Waals surface area contributed by atoms with Gasteiger partial charge in [-0.05, 0) is 6.92 Å². The number of aliphatic imine (C=N–C) groups is 1. The summed E-state index contributed by atoms with van der Waals surface area (Å²) in [7, 11) is 1.84. The van der Waals surface area contributed by atoms with E-state index in [-0.39, 0.29) is 0 Å². The van der Waals surface area contributed by atoms with E-state index >= 15 is 0 Å². The number of guanidine groups is 1. The third-order valence-electron chi connectivity index (χ3n) is 3.85. The van der Waals surface area contributed by atoms with Crippen LogP contribution < -0.4 is 5.32 Å². The van der Waals surface area contributed by atoms with E-state index in [2.05, 4.69) is 30.2 Å². The Morgan fingerprint density at radius 1 is 1.39 bits per heavy atom. The van der Waals surface area contributed by atoms with Gasteiger partial charge in [-0.1, -0.05) is 5.16 Å². The molecule has 3 heterocycles. The zero-order valence-corrected chi connectivity index (χ0v) is 14.3. The summed E-state index contributed by atoms with van der Waals surface area (Å²) in [5.74, 6) is 0.956. The Labute approximate surface area is 140 Å². The fourth-order valence-corrected chi connectivity index (χ4v) is 3.39. The highest BCUT2D eigenvalue weighted by atomic mass is 32.1. The molecule has 0 radical (unpaired) electrons. The number of nitrogens with one attached hydrogen (secondary N) is 1. The number of aromatic nitrogens is 2. The summed E-state index contributed by atoms with van der Waals surface area (Å²) in [6.45, 7) is 7.55. The van der Waals surface area contributed by atoms with Crippen LogP contribution in [0.15, 0.2) is 28.0 Å². The van der Waals surface area contributed by atoms with Crippen molar-refractivity contribution in [3.8, 4) is 0 Å². The van der Waals surface area contributed by atoms with Crippen molar-refractivity contribution in [2.24, 2.45) is 4.99 Å². The van der Waals surface area contributed by atoms with Gasteiger partial charge < -0.3 is 14.7 Å². The molecule has 0 aliphatic carbocycles. The van der Waals surface area contributed by atoms with Crippen molar-refractivity contribution in [3.05, 3.63) is 34.1 Å². The molecule has 0 atom stereocenters. The van der Waals surface area contributed by atoms with Crippen molar-refractivity contribution in [3.63, 3.8) is 0 Å². The number of nitrogens with zero attached hydrogens (tertiary/aromatic N) is 5. The molecular formula is C15H22N6OS. The summed E-state index contributed by atoms with van der Waals surface area (Å²) >= 11 is 1.72. The maximum absolute atomic E-state index is 4.89. The van der Waals surface area contributed by atoms with Gasteiger partial charge in [-0.2, -0.15) is 0 Å². The monoisotopic (exact) mass is 334 g/mol. The van der Waals surface area contributed by atoms with Gasteiger partial charge in [0.2, 0.25) is 0 Å². The van der Waals surface area contributed by atoms with Crippen LogP contribution in [0.4, 0.5) is 0 Å². The van der Waals surface area contributed by atoms with Gasteiger partial charge >= 0.3 is 0 Å². The molecular weight excluding hydrogens is 312 g/mol. The molecule has 0 saturated carbocycles. The third kappa shape index (κ3) is 4.29. The molecule has 1 fully saturated rings. The standard InChI is InChI=1S/C15H22N6OS/c1-12-17-9-14(23-12)10-18-15(16-2)21-6-4-20(5-7-21)11-13-3-8-22-19-13/h3,8-9H,4-7,10-11H2,1-2H3,(H,16,18). The van der Waals surface area contributed by atoms with E-state index in [1.807, 2.05) is 26.2 Å². The largest absolute Gasteiger partial charge is 0.364 e. The molecule has 0 bridgehead atoms. The third-order valence-corrected chi connectivity index (χ3v) is 4.76. The minimum atomic E-state index is 0.775. The molecule has 0 aromatic carbocycles. The van der Waals surface area contributed by atoms with E-state index in [1.54, 1.807) is 17.6 Å². The first-order chi connectivity index (χ1) is 11.2. The molecule has 7 nitrogen and oxygen atoms in total. The van der Waals surface area contributed by atoms with Crippen molar-refractivity contribution in [2.45, 2.75) is 20.0 Å². The average molecular weight is 334 g/mol. The number of rotatable bonds is 4.